The molecule has 2 aromatic rings. The van der Waals surface area contributed by atoms with E-state index in [2.05, 4.69) is 5.32 Å². The normalized spacial score (nSPS) is 11.1. The lowest BCUT2D eigenvalue weighted by Gasteiger charge is -2.15. The zero-order valence-electron chi connectivity index (χ0n) is 12.0. The summed E-state index contributed by atoms with van der Waals surface area (Å²) in [6.45, 7) is 0.987. The smallest absolute Gasteiger partial charge is 0.288 e. The molecule has 0 saturated heterocycles. The summed E-state index contributed by atoms with van der Waals surface area (Å²) in [6, 6.07) is 10.4. The average Bonchev–Trinajstić information content (AvgIpc) is 2.93. The third-order valence-electron chi connectivity index (χ3n) is 2.78. The second-order valence-corrected chi connectivity index (χ2v) is 6.80. The maximum absolute atomic E-state index is 12.2. The summed E-state index contributed by atoms with van der Waals surface area (Å²) >= 11 is 2.14. The van der Waals surface area contributed by atoms with Gasteiger partial charge < -0.3 is 5.32 Å². The van der Waals surface area contributed by atoms with E-state index in [9.17, 15) is 13.6 Å². The topological polar surface area (TPSA) is 32.3 Å². The van der Waals surface area contributed by atoms with Crippen molar-refractivity contribution in [2.75, 3.05) is 18.9 Å². The lowest BCUT2D eigenvalue weighted by atomic mass is 10.3. The number of halogens is 2. The molecule has 0 unspecified atom stereocenters. The Morgan fingerprint density at radius 1 is 1.32 bits per heavy atom. The number of amides is 1. The Morgan fingerprint density at radius 2 is 2.05 bits per heavy atom. The maximum Gasteiger partial charge on any atom is 0.288 e. The van der Waals surface area contributed by atoms with Gasteiger partial charge >= 0.3 is 0 Å². The Hall–Kier alpha value is -1.44. The minimum Gasteiger partial charge on any atom is -0.325 e. The fourth-order valence-electron chi connectivity index (χ4n) is 1.89. The van der Waals surface area contributed by atoms with Crippen molar-refractivity contribution < 1.29 is 13.6 Å². The number of alkyl halides is 2. The van der Waals surface area contributed by atoms with Crippen LogP contribution in [0.25, 0.3) is 0 Å². The van der Waals surface area contributed by atoms with E-state index < -0.39 is 5.76 Å². The zero-order chi connectivity index (χ0) is 15.9. The Bertz CT molecular complexity index is 588. The van der Waals surface area contributed by atoms with Gasteiger partial charge in [-0.25, -0.2) is 0 Å². The molecule has 0 radical (unpaired) electrons. The number of anilines is 1. The fourth-order valence-corrected chi connectivity index (χ4v) is 3.17. The van der Waals surface area contributed by atoms with Gasteiger partial charge in [0.15, 0.2) is 0 Å². The first-order valence-corrected chi connectivity index (χ1v) is 8.34. The lowest BCUT2D eigenvalue weighted by molar-refractivity contribution is -0.117. The fraction of sp³-hybridized carbons (Fsp3) is 0.267. The molecule has 118 valence electrons. The number of carbonyl (C=O) groups excluding carboxylic acids is 1. The van der Waals surface area contributed by atoms with Gasteiger partial charge in [-0.05, 0) is 42.8 Å². The van der Waals surface area contributed by atoms with Crippen LogP contribution >= 0.6 is 23.1 Å². The molecule has 0 saturated carbocycles. The van der Waals surface area contributed by atoms with Gasteiger partial charge in [-0.15, -0.1) is 11.3 Å². The van der Waals surface area contributed by atoms with Crippen LogP contribution in [-0.4, -0.2) is 30.2 Å². The lowest BCUT2D eigenvalue weighted by Crippen LogP contribution is -2.29. The minimum absolute atomic E-state index is 0.131. The van der Waals surface area contributed by atoms with Crippen LogP contribution in [0.2, 0.25) is 0 Å². The Balaban J connectivity index is 1.81. The van der Waals surface area contributed by atoms with Crippen LogP contribution in [0.4, 0.5) is 14.5 Å². The van der Waals surface area contributed by atoms with Crippen molar-refractivity contribution in [1.29, 1.82) is 0 Å². The molecule has 0 spiro atoms. The van der Waals surface area contributed by atoms with Crippen molar-refractivity contribution in [3.05, 3.63) is 46.7 Å². The van der Waals surface area contributed by atoms with E-state index in [4.69, 9.17) is 0 Å². The van der Waals surface area contributed by atoms with Crippen molar-refractivity contribution >= 4 is 34.7 Å². The van der Waals surface area contributed by atoms with Gasteiger partial charge in [0, 0.05) is 22.0 Å². The van der Waals surface area contributed by atoms with Crippen LogP contribution in [0.1, 0.15) is 4.88 Å². The number of hydrogen-bond donors (Lipinski definition) is 1. The molecule has 1 N–H and O–H groups in total. The highest BCUT2D eigenvalue weighted by molar-refractivity contribution is 7.99. The summed E-state index contributed by atoms with van der Waals surface area (Å²) in [4.78, 5) is 15.5. The Kier molecular flexibility index (Phi) is 6.35. The molecule has 1 aromatic heterocycles. The number of carbonyl (C=O) groups is 1. The first-order valence-electron chi connectivity index (χ1n) is 6.58. The summed E-state index contributed by atoms with van der Waals surface area (Å²) < 4.78 is 24.4. The molecule has 1 heterocycles. The molecular formula is C15H16F2N2OS2. The first-order chi connectivity index (χ1) is 10.5. The summed E-state index contributed by atoms with van der Waals surface area (Å²) in [7, 11) is 1.88. The minimum atomic E-state index is -2.44. The number of rotatable bonds is 7. The average molecular weight is 342 g/mol. The molecule has 2 rings (SSSR count). The van der Waals surface area contributed by atoms with E-state index in [0.717, 1.165) is 6.54 Å². The Labute approximate surface area is 136 Å². The van der Waals surface area contributed by atoms with Crippen molar-refractivity contribution in [3.8, 4) is 0 Å². The highest BCUT2D eigenvalue weighted by Crippen LogP contribution is 2.26. The van der Waals surface area contributed by atoms with E-state index in [-0.39, 0.29) is 12.5 Å². The highest BCUT2D eigenvalue weighted by atomic mass is 32.2. The van der Waals surface area contributed by atoms with Crippen molar-refractivity contribution in [2.45, 2.75) is 17.2 Å². The molecule has 7 heteroatoms. The van der Waals surface area contributed by atoms with Gasteiger partial charge in [0.05, 0.1) is 6.54 Å². The third kappa shape index (κ3) is 5.75. The molecule has 0 bridgehead atoms. The standard InChI is InChI=1S/C15H16F2N2OS2/c1-19(9-13-3-2-8-21-13)10-14(20)18-11-4-6-12(7-5-11)22-15(16)17/h2-8,15H,9-10H2,1H3,(H,18,20). The SMILES string of the molecule is CN(CC(=O)Nc1ccc(SC(F)F)cc1)Cc1cccs1. The van der Waals surface area contributed by atoms with Crippen LogP contribution in [-0.2, 0) is 11.3 Å². The van der Waals surface area contributed by atoms with E-state index in [1.54, 1.807) is 35.6 Å². The van der Waals surface area contributed by atoms with Crippen molar-refractivity contribution in [2.24, 2.45) is 0 Å². The molecule has 0 aliphatic heterocycles. The van der Waals surface area contributed by atoms with Crippen LogP contribution in [0.3, 0.4) is 0 Å². The number of thiophene rings is 1. The first kappa shape index (κ1) is 16.9. The number of thioether (sulfide) groups is 1. The van der Waals surface area contributed by atoms with Crippen LogP contribution in [0.5, 0.6) is 0 Å². The molecule has 0 aliphatic carbocycles. The molecule has 0 aliphatic rings. The molecule has 3 nitrogen and oxygen atoms in total. The Morgan fingerprint density at radius 3 is 2.64 bits per heavy atom. The predicted molar refractivity (Wildman–Crippen MR) is 87.6 cm³/mol. The van der Waals surface area contributed by atoms with Crippen LogP contribution < -0.4 is 5.32 Å². The van der Waals surface area contributed by atoms with Crippen molar-refractivity contribution in [1.82, 2.24) is 4.90 Å². The molecule has 0 atom stereocenters. The van der Waals surface area contributed by atoms with E-state index in [1.807, 2.05) is 29.5 Å². The molecule has 1 aromatic carbocycles. The van der Waals surface area contributed by atoms with Gasteiger partial charge in [-0.2, -0.15) is 8.78 Å². The molecular weight excluding hydrogens is 326 g/mol. The van der Waals surface area contributed by atoms with E-state index in [1.165, 1.54) is 4.88 Å². The number of benzene rings is 1. The quantitative estimate of drug-likeness (QED) is 0.768. The zero-order valence-corrected chi connectivity index (χ0v) is 13.6. The van der Waals surface area contributed by atoms with Crippen LogP contribution in [0.15, 0.2) is 46.7 Å². The molecule has 0 fully saturated rings. The van der Waals surface area contributed by atoms with Gasteiger partial charge in [0.1, 0.15) is 0 Å². The summed E-state index contributed by atoms with van der Waals surface area (Å²) in [6.07, 6.45) is 0. The van der Waals surface area contributed by atoms with Crippen LogP contribution in [0, 0.1) is 0 Å². The van der Waals surface area contributed by atoms with Gasteiger partial charge in [-0.3, -0.25) is 9.69 Å². The number of likely N-dealkylation sites (N-methyl/N-ethyl adjacent to an activating group) is 1. The summed E-state index contributed by atoms with van der Waals surface area (Å²) in [5, 5.41) is 4.76. The number of nitrogens with zero attached hydrogens (tertiary/aromatic N) is 1. The number of nitrogens with one attached hydrogen (secondary N) is 1. The van der Waals surface area contributed by atoms with E-state index >= 15 is 0 Å². The summed E-state index contributed by atoms with van der Waals surface area (Å²) in [5.74, 6) is -2.57. The summed E-state index contributed by atoms with van der Waals surface area (Å²) in [5.41, 5.74) is 0.605. The highest BCUT2D eigenvalue weighted by Gasteiger charge is 2.09. The monoisotopic (exact) mass is 342 g/mol. The second-order valence-electron chi connectivity index (χ2n) is 4.70. The second kappa shape index (κ2) is 8.26. The van der Waals surface area contributed by atoms with E-state index in [0.29, 0.717) is 22.3 Å². The molecule has 22 heavy (non-hydrogen) atoms. The predicted octanol–water partition coefficient (Wildman–Crippen LogP) is 4.13. The van der Waals surface area contributed by atoms with Gasteiger partial charge in [0.2, 0.25) is 5.91 Å². The van der Waals surface area contributed by atoms with Gasteiger partial charge in [-0.1, -0.05) is 17.8 Å². The van der Waals surface area contributed by atoms with Gasteiger partial charge in [0.25, 0.3) is 5.76 Å². The number of hydrogen-bond acceptors (Lipinski definition) is 4. The molecule has 1 amide bonds. The largest absolute Gasteiger partial charge is 0.325 e. The third-order valence-corrected chi connectivity index (χ3v) is 4.37. The van der Waals surface area contributed by atoms with Crippen molar-refractivity contribution in [3.63, 3.8) is 0 Å². The maximum atomic E-state index is 12.2.